The number of benzene rings is 2. The summed E-state index contributed by atoms with van der Waals surface area (Å²) in [6.07, 6.45) is 0. The van der Waals surface area contributed by atoms with Crippen molar-refractivity contribution in [2.24, 2.45) is 0 Å². The van der Waals surface area contributed by atoms with E-state index in [1.165, 1.54) is 0 Å². The van der Waals surface area contributed by atoms with Crippen molar-refractivity contribution in [2.75, 3.05) is 12.3 Å². The fourth-order valence-corrected chi connectivity index (χ4v) is 2.42. The quantitative estimate of drug-likeness (QED) is 0.850. The van der Waals surface area contributed by atoms with Crippen molar-refractivity contribution in [3.05, 3.63) is 63.6 Å². The van der Waals surface area contributed by atoms with Gasteiger partial charge in [-0.2, -0.15) is 0 Å². The van der Waals surface area contributed by atoms with E-state index in [9.17, 15) is 4.79 Å². The lowest BCUT2D eigenvalue weighted by molar-refractivity contribution is 0.0753. The minimum absolute atomic E-state index is 0.0244. The molecule has 0 aliphatic heterocycles. The van der Waals surface area contributed by atoms with Crippen molar-refractivity contribution in [3.63, 3.8) is 0 Å². The molecule has 1 amide bonds. The normalized spacial score (nSPS) is 10.4. The highest BCUT2D eigenvalue weighted by Crippen LogP contribution is 2.20. The van der Waals surface area contributed by atoms with Crippen LogP contribution in [0.3, 0.4) is 0 Å². The van der Waals surface area contributed by atoms with Crippen LogP contribution in [0, 0.1) is 6.92 Å². The Kier molecular flexibility index (Phi) is 5.02. The molecule has 0 unspecified atom stereocenters. The van der Waals surface area contributed by atoms with Crippen molar-refractivity contribution >= 4 is 27.5 Å². The highest BCUT2D eigenvalue weighted by Gasteiger charge is 2.16. The van der Waals surface area contributed by atoms with Crippen molar-refractivity contribution in [3.8, 4) is 0 Å². The number of hydrogen-bond donors (Lipinski definition) is 1. The third-order valence-corrected chi connectivity index (χ3v) is 4.38. The fourth-order valence-electron chi connectivity index (χ4n) is 2.17. The lowest BCUT2D eigenvalue weighted by Gasteiger charge is -2.22. The van der Waals surface area contributed by atoms with Gasteiger partial charge in [-0.3, -0.25) is 4.79 Å². The van der Waals surface area contributed by atoms with Crippen molar-refractivity contribution in [2.45, 2.75) is 20.4 Å². The van der Waals surface area contributed by atoms with Gasteiger partial charge in [0.05, 0.1) is 0 Å². The second-order valence-corrected chi connectivity index (χ2v) is 5.84. The standard InChI is InChI=1S/C17H19BrN2O/c1-3-20(11-14-6-4-5-7-16(14)19)17(21)13-8-9-15(18)12(2)10-13/h4-10H,3,11,19H2,1-2H3. The summed E-state index contributed by atoms with van der Waals surface area (Å²) in [5.74, 6) is 0.0244. The van der Waals surface area contributed by atoms with Gasteiger partial charge in [0.2, 0.25) is 0 Å². The number of para-hydroxylation sites is 1. The van der Waals surface area contributed by atoms with Crippen molar-refractivity contribution in [1.82, 2.24) is 4.90 Å². The van der Waals surface area contributed by atoms with Crippen molar-refractivity contribution in [1.29, 1.82) is 0 Å². The zero-order valence-corrected chi connectivity index (χ0v) is 13.9. The third-order valence-electron chi connectivity index (χ3n) is 3.49. The predicted octanol–water partition coefficient (Wildman–Crippen LogP) is 4.00. The van der Waals surface area contributed by atoms with Gasteiger partial charge in [-0.15, -0.1) is 0 Å². The van der Waals surface area contributed by atoms with Crippen LogP contribution in [0.2, 0.25) is 0 Å². The SMILES string of the molecule is CCN(Cc1ccccc1N)C(=O)c1ccc(Br)c(C)c1. The molecule has 0 heterocycles. The van der Waals surface area contributed by atoms with E-state index in [1.54, 1.807) is 4.90 Å². The average molecular weight is 347 g/mol. The van der Waals surface area contributed by atoms with Crippen molar-refractivity contribution < 1.29 is 4.79 Å². The zero-order chi connectivity index (χ0) is 15.4. The van der Waals surface area contributed by atoms with E-state index in [1.807, 2.05) is 56.3 Å². The summed E-state index contributed by atoms with van der Waals surface area (Å²) in [6, 6.07) is 13.3. The molecule has 0 saturated heterocycles. The molecule has 2 aromatic rings. The van der Waals surface area contributed by atoms with Crippen LogP contribution in [0.1, 0.15) is 28.4 Å². The lowest BCUT2D eigenvalue weighted by Crippen LogP contribution is -2.30. The Hall–Kier alpha value is -1.81. The summed E-state index contributed by atoms with van der Waals surface area (Å²) in [4.78, 5) is 14.4. The molecule has 0 spiro atoms. The highest BCUT2D eigenvalue weighted by atomic mass is 79.9. The monoisotopic (exact) mass is 346 g/mol. The summed E-state index contributed by atoms with van der Waals surface area (Å²) < 4.78 is 1.01. The number of halogens is 1. The zero-order valence-electron chi connectivity index (χ0n) is 12.3. The summed E-state index contributed by atoms with van der Waals surface area (Å²) in [5.41, 5.74) is 9.41. The van der Waals surface area contributed by atoms with E-state index in [2.05, 4.69) is 15.9 Å². The molecule has 2 N–H and O–H groups in total. The third kappa shape index (κ3) is 3.64. The van der Waals surface area contributed by atoms with Gasteiger partial charge in [0.1, 0.15) is 0 Å². The largest absolute Gasteiger partial charge is 0.398 e. The van der Waals surface area contributed by atoms with Gasteiger partial charge in [0, 0.05) is 28.8 Å². The number of nitrogens with zero attached hydrogens (tertiary/aromatic N) is 1. The molecule has 110 valence electrons. The van der Waals surface area contributed by atoms with Crippen LogP contribution in [0.5, 0.6) is 0 Å². The first-order valence-electron chi connectivity index (χ1n) is 6.91. The number of rotatable bonds is 4. The van der Waals surface area contributed by atoms with E-state index in [-0.39, 0.29) is 5.91 Å². The number of nitrogens with two attached hydrogens (primary N) is 1. The maximum Gasteiger partial charge on any atom is 0.254 e. The van der Waals surface area contributed by atoms with Gasteiger partial charge in [-0.25, -0.2) is 0 Å². The summed E-state index contributed by atoms with van der Waals surface area (Å²) in [6.45, 7) is 5.12. The topological polar surface area (TPSA) is 46.3 Å². The summed E-state index contributed by atoms with van der Waals surface area (Å²) in [5, 5.41) is 0. The Bertz CT molecular complexity index is 655. The van der Waals surface area contributed by atoms with Gasteiger partial charge in [-0.1, -0.05) is 34.1 Å². The number of amides is 1. The lowest BCUT2D eigenvalue weighted by atomic mass is 10.1. The van der Waals surface area contributed by atoms with Crippen LogP contribution in [-0.2, 0) is 6.54 Å². The summed E-state index contributed by atoms with van der Waals surface area (Å²) >= 11 is 3.45. The molecule has 4 heteroatoms. The van der Waals surface area contributed by atoms with E-state index in [0.29, 0.717) is 18.7 Å². The van der Waals surface area contributed by atoms with Crippen LogP contribution >= 0.6 is 15.9 Å². The molecule has 0 atom stereocenters. The van der Waals surface area contributed by atoms with Crippen LogP contribution in [0.15, 0.2) is 46.9 Å². The molecule has 3 nitrogen and oxygen atoms in total. The van der Waals surface area contributed by atoms with Gasteiger partial charge >= 0.3 is 0 Å². The number of aryl methyl sites for hydroxylation is 1. The molecule has 0 bridgehead atoms. The van der Waals surface area contributed by atoms with Gasteiger partial charge in [-0.05, 0) is 49.2 Å². The number of carbonyl (C=O) groups is 1. The summed E-state index contributed by atoms with van der Waals surface area (Å²) in [7, 11) is 0. The molecular weight excluding hydrogens is 328 g/mol. The number of carbonyl (C=O) groups excluding carboxylic acids is 1. The molecule has 2 rings (SSSR count). The molecule has 21 heavy (non-hydrogen) atoms. The first-order valence-corrected chi connectivity index (χ1v) is 7.71. The van der Waals surface area contributed by atoms with Crippen LogP contribution < -0.4 is 5.73 Å². The predicted molar refractivity (Wildman–Crippen MR) is 90.1 cm³/mol. The van der Waals surface area contributed by atoms with Crippen LogP contribution in [0.25, 0.3) is 0 Å². The van der Waals surface area contributed by atoms with E-state index in [4.69, 9.17) is 5.73 Å². The second-order valence-electron chi connectivity index (χ2n) is 4.98. The number of nitrogen functional groups attached to an aromatic ring is 1. The number of anilines is 1. The second kappa shape index (κ2) is 6.76. The fraction of sp³-hybridized carbons (Fsp3) is 0.235. The van der Waals surface area contributed by atoms with E-state index in [0.717, 1.165) is 21.3 Å². The Labute approximate surface area is 133 Å². The molecule has 0 aliphatic carbocycles. The highest BCUT2D eigenvalue weighted by molar-refractivity contribution is 9.10. The van der Waals surface area contributed by atoms with Gasteiger partial charge < -0.3 is 10.6 Å². The minimum atomic E-state index is 0.0244. The van der Waals surface area contributed by atoms with E-state index >= 15 is 0 Å². The molecule has 0 aromatic heterocycles. The molecule has 0 saturated carbocycles. The molecule has 0 radical (unpaired) electrons. The molecule has 0 aliphatic rings. The minimum Gasteiger partial charge on any atom is -0.398 e. The first-order chi connectivity index (χ1) is 10.0. The molecular formula is C17H19BrN2O. The Balaban J connectivity index is 2.22. The smallest absolute Gasteiger partial charge is 0.254 e. The van der Waals surface area contributed by atoms with E-state index < -0.39 is 0 Å². The first kappa shape index (κ1) is 15.6. The Morgan fingerprint density at radius 3 is 2.57 bits per heavy atom. The van der Waals surface area contributed by atoms with Gasteiger partial charge in [0.25, 0.3) is 5.91 Å². The molecule has 0 fully saturated rings. The van der Waals surface area contributed by atoms with Crippen LogP contribution in [0.4, 0.5) is 5.69 Å². The molecule has 2 aromatic carbocycles. The average Bonchev–Trinajstić information content (AvgIpc) is 2.48. The Morgan fingerprint density at radius 1 is 1.24 bits per heavy atom. The maximum atomic E-state index is 12.6. The van der Waals surface area contributed by atoms with Crippen LogP contribution in [-0.4, -0.2) is 17.4 Å². The van der Waals surface area contributed by atoms with Gasteiger partial charge in [0.15, 0.2) is 0 Å². The number of hydrogen-bond acceptors (Lipinski definition) is 2. The Morgan fingerprint density at radius 2 is 1.95 bits per heavy atom. The maximum absolute atomic E-state index is 12.6.